The van der Waals surface area contributed by atoms with E-state index in [9.17, 15) is 14.4 Å². The Kier molecular flexibility index (Phi) is 8.03. The minimum absolute atomic E-state index is 0.159. The van der Waals surface area contributed by atoms with Crippen LogP contribution >= 0.6 is 0 Å². The zero-order valence-corrected chi connectivity index (χ0v) is 15.1. The molecule has 6 heteroatoms. The van der Waals surface area contributed by atoms with Crippen LogP contribution in [0.25, 0.3) is 0 Å². The van der Waals surface area contributed by atoms with Crippen molar-refractivity contribution >= 4 is 23.5 Å². The van der Waals surface area contributed by atoms with Crippen molar-refractivity contribution in [2.24, 2.45) is 5.73 Å². The van der Waals surface area contributed by atoms with Crippen molar-refractivity contribution in [3.63, 3.8) is 0 Å². The van der Waals surface area contributed by atoms with E-state index in [-0.39, 0.29) is 30.3 Å². The molecule has 0 fully saturated rings. The van der Waals surface area contributed by atoms with Crippen LogP contribution in [-0.2, 0) is 20.7 Å². The topological polar surface area (TPSA) is 98.5 Å². The highest BCUT2D eigenvalue weighted by Crippen LogP contribution is 2.15. The first kappa shape index (κ1) is 20.2. The molecule has 0 saturated carbocycles. The van der Waals surface area contributed by atoms with Gasteiger partial charge in [-0.05, 0) is 37.0 Å². The molecule has 142 valence electrons. The largest absolute Gasteiger partial charge is 0.466 e. The van der Waals surface area contributed by atoms with Crippen LogP contribution in [0, 0.1) is 0 Å². The van der Waals surface area contributed by atoms with Crippen molar-refractivity contribution in [2.45, 2.75) is 32.1 Å². The minimum Gasteiger partial charge on any atom is -0.466 e. The molecule has 2 aromatic carbocycles. The second-order valence-corrected chi connectivity index (χ2v) is 6.12. The third-order valence-electron chi connectivity index (χ3n) is 3.97. The second kappa shape index (κ2) is 10.8. The Morgan fingerprint density at radius 3 is 2.33 bits per heavy atom. The maximum atomic E-state index is 12.0. The smallest absolute Gasteiger partial charge is 0.305 e. The number of aryl methyl sites for hydroxylation is 1. The molecule has 2 amide bonds. The molecule has 2 aromatic rings. The number of hydrogen-bond acceptors (Lipinski definition) is 4. The zero-order valence-electron chi connectivity index (χ0n) is 15.1. The predicted octanol–water partition coefficient (Wildman–Crippen LogP) is 3.07. The normalized spacial score (nSPS) is 10.2. The lowest BCUT2D eigenvalue weighted by Crippen LogP contribution is -2.18. The third kappa shape index (κ3) is 7.32. The van der Waals surface area contributed by atoms with Crippen LogP contribution < -0.4 is 11.1 Å². The molecule has 0 aliphatic heterocycles. The van der Waals surface area contributed by atoms with E-state index in [1.165, 1.54) is 5.56 Å². The number of nitrogens with two attached hydrogens (primary N) is 1. The average Bonchev–Trinajstić information content (AvgIpc) is 2.66. The molecule has 2 rings (SSSR count). The molecule has 0 radical (unpaired) electrons. The number of carbonyl (C=O) groups excluding carboxylic acids is 3. The van der Waals surface area contributed by atoms with Crippen LogP contribution in [-0.4, -0.2) is 24.4 Å². The highest BCUT2D eigenvalue weighted by Gasteiger charge is 2.11. The van der Waals surface area contributed by atoms with Gasteiger partial charge in [-0.1, -0.05) is 42.5 Å². The van der Waals surface area contributed by atoms with E-state index in [1.807, 2.05) is 30.3 Å². The standard InChI is InChI=1S/C21H24N2O4/c22-21(26)17-11-4-5-12-18(17)23-19(24)13-6-14-20(25)27-15-7-10-16-8-2-1-3-9-16/h1-5,8-9,11-12H,6-7,10,13-15H2,(H2,22,26)(H,23,24). The number of nitrogens with one attached hydrogen (secondary N) is 1. The highest BCUT2D eigenvalue weighted by atomic mass is 16.5. The summed E-state index contributed by atoms with van der Waals surface area (Å²) in [5, 5.41) is 2.64. The van der Waals surface area contributed by atoms with Crippen LogP contribution in [0.15, 0.2) is 54.6 Å². The Balaban J connectivity index is 1.62. The Hall–Kier alpha value is -3.15. The quantitative estimate of drug-likeness (QED) is 0.497. The van der Waals surface area contributed by atoms with Crippen molar-refractivity contribution in [2.75, 3.05) is 11.9 Å². The average molecular weight is 368 g/mol. The Labute approximate surface area is 158 Å². The molecule has 0 spiro atoms. The fourth-order valence-electron chi connectivity index (χ4n) is 2.59. The molecule has 0 aliphatic carbocycles. The number of benzene rings is 2. The van der Waals surface area contributed by atoms with Gasteiger partial charge in [0.2, 0.25) is 5.91 Å². The number of hydrogen-bond donors (Lipinski definition) is 2. The van der Waals surface area contributed by atoms with Gasteiger partial charge in [-0.3, -0.25) is 14.4 Å². The highest BCUT2D eigenvalue weighted by molar-refractivity contribution is 6.02. The summed E-state index contributed by atoms with van der Waals surface area (Å²) in [6.45, 7) is 0.367. The van der Waals surface area contributed by atoms with Gasteiger partial charge in [0.25, 0.3) is 5.91 Å². The van der Waals surface area contributed by atoms with Gasteiger partial charge in [-0.15, -0.1) is 0 Å². The lowest BCUT2D eigenvalue weighted by Gasteiger charge is -2.09. The number of amides is 2. The number of anilines is 1. The van der Waals surface area contributed by atoms with Gasteiger partial charge in [-0.2, -0.15) is 0 Å². The van der Waals surface area contributed by atoms with Crippen LogP contribution in [0.5, 0.6) is 0 Å². The van der Waals surface area contributed by atoms with E-state index in [1.54, 1.807) is 24.3 Å². The summed E-state index contributed by atoms with van der Waals surface area (Å²) in [4.78, 5) is 35.0. The minimum atomic E-state index is -0.606. The second-order valence-electron chi connectivity index (χ2n) is 6.12. The van der Waals surface area contributed by atoms with E-state index in [4.69, 9.17) is 10.5 Å². The first-order chi connectivity index (χ1) is 13.1. The number of ether oxygens (including phenoxy) is 1. The van der Waals surface area contributed by atoms with Crippen LogP contribution in [0.3, 0.4) is 0 Å². The summed E-state index contributed by atoms with van der Waals surface area (Å²) in [5.41, 5.74) is 7.11. The molecule has 0 bridgehead atoms. The van der Waals surface area contributed by atoms with Crippen LogP contribution in [0.1, 0.15) is 41.6 Å². The first-order valence-corrected chi connectivity index (χ1v) is 8.94. The predicted molar refractivity (Wildman–Crippen MR) is 103 cm³/mol. The fraction of sp³-hybridized carbons (Fsp3) is 0.286. The van der Waals surface area contributed by atoms with Crippen LogP contribution in [0.2, 0.25) is 0 Å². The number of para-hydroxylation sites is 1. The van der Waals surface area contributed by atoms with Gasteiger partial charge in [-0.25, -0.2) is 0 Å². The maximum Gasteiger partial charge on any atom is 0.305 e. The number of carbonyl (C=O) groups is 3. The van der Waals surface area contributed by atoms with Crippen molar-refractivity contribution < 1.29 is 19.1 Å². The molecule has 0 saturated heterocycles. The Morgan fingerprint density at radius 2 is 1.59 bits per heavy atom. The summed E-state index contributed by atoms with van der Waals surface area (Å²) in [6.07, 6.45) is 2.33. The van der Waals surface area contributed by atoms with E-state index in [0.717, 1.165) is 12.8 Å². The number of primary amides is 1. The molecule has 27 heavy (non-hydrogen) atoms. The summed E-state index contributed by atoms with van der Waals surface area (Å²) >= 11 is 0. The van der Waals surface area contributed by atoms with E-state index in [0.29, 0.717) is 18.7 Å². The summed E-state index contributed by atoms with van der Waals surface area (Å²) in [7, 11) is 0. The zero-order chi connectivity index (χ0) is 19.5. The van der Waals surface area contributed by atoms with Gasteiger partial charge >= 0.3 is 5.97 Å². The first-order valence-electron chi connectivity index (χ1n) is 8.94. The van der Waals surface area contributed by atoms with Crippen molar-refractivity contribution in [1.82, 2.24) is 0 Å². The van der Waals surface area contributed by atoms with Crippen molar-refractivity contribution in [3.05, 3.63) is 65.7 Å². The molecule has 0 atom stereocenters. The van der Waals surface area contributed by atoms with Crippen molar-refractivity contribution in [1.29, 1.82) is 0 Å². The molecule has 3 N–H and O–H groups in total. The maximum absolute atomic E-state index is 12.0. The fourth-order valence-corrected chi connectivity index (χ4v) is 2.59. The molecule has 6 nitrogen and oxygen atoms in total. The van der Waals surface area contributed by atoms with Crippen LogP contribution in [0.4, 0.5) is 5.69 Å². The molecule has 0 heterocycles. The summed E-state index contributed by atoms with van der Waals surface area (Å²) < 4.78 is 5.18. The lowest BCUT2D eigenvalue weighted by atomic mass is 10.1. The molecule has 0 unspecified atom stereocenters. The van der Waals surface area contributed by atoms with E-state index in [2.05, 4.69) is 5.32 Å². The van der Waals surface area contributed by atoms with E-state index >= 15 is 0 Å². The summed E-state index contributed by atoms with van der Waals surface area (Å²) in [6, 6.07) is 16.5. The number of esters is 1. The molecular weight excluding hydrogens is 344 g/mol. The Bertz CT molecular complexity index is 775. The Morgan fingerprint density at radius 1 is 0.889 bits per heavy atom. The third-order valence-corrected chi connectivity index (χ3v) is 3.97. The molecule has 0 aliphatic rings. The molecular formula is C21H24N2O4. The summed E-state index contributed by atoms with van der Waals surface area (Å²) in [5.74, 6) is -1.20. The SMILES string of the molecule is NC(=O)c1ccccc1NC(=O)CCCC(=O)OCCCc1ccccc1. The van der Waals surface area contributed by atoms with Gasteiger partial charge in [0.15, 0.2) is 0 Å². The lowest BCUT2D eigenvalue weighted by molar-refractivity contribution is -0.143. The van der Waals surface area contributed by atoms with Gasteiger partial charge in [0, 0.05) is 12.8 Å². The number of rotatable bonds is 10. The van der Waals surface area contributed by atoms with Gasteiger partial charge < -0.3 is 15.8 Å². The molecule has 0 aromatic heterocycles. The van der Waals surface area contributed by atoms with E-state index < -0.39 is 5.91 Å². The monoisotopic (exact) mass is 368 g/mol. The van der Waals surface area contributed by atoms with Crippen molar-refractivity contribution in [3.8, 4) is 0 Å². The van der Waals surface area contributed by atoms with Gasteiger partial charge in [0.1, 0.15) is 0 Å². The van der Waals surface area contributed by atoms with Gasteiger partial charge in [0.05, 0.1) is 17.9 Å².